The van der Waals surface area contributed by atoms with Gasteiger partial charge in [-0.2, -0.15) is 0 Å². The van der Waals surface area contributed by atoms with Crippen LogP contribution in [0.2, 0.25) is 5.02 Å². The molecule has 2 rings (SSSR count). The molecule has 0 aliphatic carbocycles. The third kappa shape index (κ3) is 3.55. The molecule has 1 heterocycles. The van der Waals surface area contributed by atoms with Gasteiger partial charge in [0.15, 0.2) is 0 Å². The van der Waals surface area contributed by atoms with Gasteiger partial charge in [-0.25, -0.2) is 4.98 Å². The van der Waals surface area contributed by atoms with Crippen molar-refractivity contribution in [3.8, 4) is 0 Å². The van der Waals surface area contributed by atoms with Gasteiger partial charge in [-0.05, 0) is 31.7 Å². The normalized spacial score (nSPS) is 12.6. The zero-order chi connectivity index (χ0) is 13.0. The van der Waals surface area contributed by atoms with E-state index in [0.717, 1.165) is 23.7 Å². The number of nitrogens with one attached hydrogen (secondary N) is 1. The summed E-state index contributed by atoms with van der Waals surface area (Å²) in [5, 5.41) is 7.33. The molecule has 0 amide bonds. The molecule has 1 atom stereocenters. The van der Waals surface area contributed by atoms with E-state index in [9.17, 15) is 0 Å². The van der Waals surface area contributed by atoms with Crippen LogP contribution in [0.3, 0.4) is 0 Å². The van der Waals surface area contributed by atoms with Crippen molar-refractivity contribution >= 4 is 22.9 Å². The van der Waals surface area contributed by atoms with Gasteiger partial charge in [-0.3, -0.25) is 0 Å². The lowest BCUT2D eigenvalue weighted by Crippen LogP contribution is -2.19. The fourth-order valence-corrected chi connectivity index (χ4v) is 3.07. The molecular weight excluding hydrogens is 264 g/mol. The van der Waals surface area contributed by atoms with Gasteiger partial charge in [0.25, 0.3) is 0 Å². The molecule has 1 N–H and O–H groups in total. The number of benzene rings is 1. The molecule has 1 aromatic carbocycles. The lowest BCUT2D eigenvalue weighted by molar-refractivity contribution is 0.623. The molecule has 0 radical (unpaired) electrons. The minimum Gasteiger partial charge on any atom is -0.319 e. The number of aryl methyl sites for hydroxylation is 1. The van der Waals surface area contributed by atoms with Crippen LogP contribution < -0.4 is 5.32 Å². The van der Waals surface area contributed by atoms with Gasteiger partial charge in [-0.1, -0.05) is 23.7 Å². The Labute approximate surface area is 117 Å². The summed E-state index contributed by atoms with van der Waals surface area (Å²) in [5.41, 5.74) is 2.37. The van der Waals surface area contributed by atoms with Gasteiger partial charge in [0.1, 0.15) is 0 Å². The predicted octanol–water partition coefficient (Wildman–Crippen LogP) is 3.65. The van der Waals surface area contributed by atoms with E-state index in [2.05, 4.69) is 21.7 Å². The molecule has 0 fully saturated rings. The maximum absolute atomic E-state index is 6.06. The summed E-state index contributed by atoms with van der Waals surface area (Å²) in [4.78, 5) is 4.54. The van der Waals surface area contributed by atoms with Crippen molar-refractivity contribution in [2.45, 2.75) is 19.3 Å². The molecule has 0 saturated carbocycles. The zero-order valence-corrected chi connectivity index (χ0v) is 12.2. The largest absolute Gasteiger partial charge is 0.319 e. The molecule has 0 bridgehead atoms. The van der Waals surface area contributed by atoms with Gasteiger partial charge in [-0.15, -0.1) is 11.3 Å². The fourth-order valence-electron chi connectivity index (χ4n) is 2.02. The quantitative estimate of drug-likeness (QED) is 0.904. The lowest BCUT2D eigenvalue weighted by Gasteiger charge is -2.16. The third-order valence-electron chi connectivity index (χ3n) is 2.86. The molecule has 0 saturated heterocycles. The average Bonchev–Trinajstić information content (AvgIpc) is 2.74. The summed E-state index contributed by atoms with van der Waals surface area (Å²) in [7, 11) is 1.98. The first-order valence-electron chi connectivity index (χ1n) is 6.00. The number of aromatic nitrogens is 1. The van der Waals surface area contributed by atoms with Crippen molar-refractivity contribution in [2.24, 2.45) is 0 Å². The smallest absolute Gasteiger partial charge is 0.0934 e. The first-order valence-corrected chi connectivity index (χ1v) is 7.26. The first-order chi connectivity index (χ1) is 8.69. The SMILES string of the molecule is CNCC(Cc1nc(C)cs1)c1cccc(Cl)c1. The van der Waals surface area contributed by atoms with Crippen molar-refractivity contribution in [3.05, 3.63) is 50.9 Å². The second-order valence-corrected chi connectivity index (χ2v) is 5.78. The molecule has 2 aromatic rings. The van der Waals surface area contributed by atoms with Gasteiger partial charge in [0, 0.05) is 35.0 Å². The van der Waals surface area contributed by atoms with Crippen molar-refractivity contribution in [3.63, 3.8) is 0 Å². The van der Waals surface area contributed by atoms with Crippen LogP contribution in [0.5, 0.6) is 0 Å². The van der Waals surface area contributed by atoms with Gasteiger partial charge >= 0.3 is 0 Å². The molecule has 18 heavy (non-hydrogen) atoms. The standard InChI is InChI=1S/C14H17ClN2S/c1-10-9-18-14(17-10)7-12(8-16-2)11-4-3-5-13(15)6-11/h3-6,9,12,16H,7-8H2,1-2H3. The Kier molecular flexibility index (Phi) is 4.75. The van der Waals surface area contributed by atoms with Gasteiger partial charge in [0.2, 0.25) is 0 Å². The highest BCUT2D eigenvalue weighted by Gasteiger charge is 2.14. The number of likely N-dealkylation sites (N-methyl/N-ethyl adjacent to an activating group) is 1. The Morgan fingerprint density at radius 1 is 1.44 bits per heavy atom. The Morgan fingerprint density at radius 3 is 2.89 bits per heavy atom. The van der Waals surface area contributed by atoms with Crippen LogP contribution in [0.15, 0.2) is 29.6 Å². The minimum atomic E-state index is 0.416. The molecule has 1 unspecified atom stereocenters. The summed E-state index contributed by atoms with van der Waals surface area (Å²) in [6.07, 6.45) is 0.958. The number of rotatable bonds is 5. The molecule has 1 aromatic heterocycles. The third-order valence-corrected chi connectivity index (χ3v) is 4.08. The monoisotopic (exact) mass is 280 g/mol. The van der Waals surface area contributed by atoms with E-state index in [1.54, 1.807) is 11.3 Å². The van der Waals surface area contributed by atoms with Crippen molar-refractivity contribution in [1.29, 1.82) is 0 Å². The Hall–Kier alpha value is -0.900. The number of thiazole rings is 1. The highest BCUT2D eigenvalue weighted by molar-refractivity contribution is 7.09. The van der Waals surface area contributed by atoms with Crippen LogP contribution in [-0.4, -0.2) is 18.6 Å². The zero-order valence-electron chi connectivity index (χ0n) is 10.6. The Morgan fingerprint density at radius 2 is 2.28 bits per heavy atom. The van der Waals surface area contributed by atoms with E-state index in [1.807, 2.05) is 32.2 Å². The average molecular weight is 281 g/mol. The summed E-state index contributed by atoms with van der Waals surface area (Å²) >= 11 is 7.79. The fraction of sp³-hybridized carbons (Fsp3) is 0.357. The predicted molar refractivity (Wildman–Crippen MR) is 78.7 cm³/mol. The summed E-state index contributed by atoms with van der Waals surface area (Å²) in [5.74, 6) is 0.416. The molecule has 0 spiro atoms. The van der Waals surface area contributed by atoms with Crippen molar-refractivity contribution < 1.29 is 0 Å². The van der Waals surface area contributed by atoms with Crippen LogP contribution in [0.4, 0.5) is 0 Å². The second-order valence-electron chi connectivity index (χ2n) is 4.40. The minimum absolute atomic E-state index is 0.416. The van der Waals surface area contributed by atoms with E-state index in [-0.39, 0.29) is 0 Å². The van der Waals surface area contributed by atoms with Crippen LogP contribution in [-0.2, 0) is 6.42 Å². The van der Waals surface area contributed by atoms with E-state index < -0.39 is 0 Å². The number of hydrogen-bond acceptors (Lipinski definition) is 3. The highest BCUT2D eigenvalue weighted by Crippen LogP contribution is 2.24. The summed E-state index contributed by atoms with van der Waals surface area (Å²) in [6.45, 7) is 2.96. The number of nitrogens with zero attached hydrogens (tertiary/aromatic N) is 1. The van der Waals surface area contributed by atoms with Gasteiger partial charge < -0.3 is 5.32 Å². The van der Waals surface area contributed by atoms with E-state index in [0.29, 0.717) is 5.92 Å². The topological polar surface area (TPSA) is 24.9 Å². The van der Waals surface area contributed by atoms with Crippen molar-refractivity contribution in [1.82, 2.24) is 10.3 Å². The molecule has 2 nitrogen and oxygen atoms in total. The molecule has 96 valence electrons. The highest BCUT2D eigenvalue weighted by atomic mass is 35.5. The number of halogens is 1. The maximum atomic E-state index is 6.06. The molecule has 0 aliphatic heterocycles. The molecule has 0 aliphatic rings. The van der Waals surface area contributed by atoms with Crippen LogP contribution in [0, 0.1) is 6.92 Å². The van der Waals surface area contributed by atoms with E-state index in [4.69, 9.17) is 11.6 Å². The van der Waals surface area contributed by atoms with E-state index in [1.165, 1.54) is 10.6 Å². The van der Waals surface area contributed by atoms with Crippen LogP contribution in [0.1, 0.15) is 22.2 Å². The maximum Gasteiger partial charge on any atom is 0.0934 e. The lowest BCUT2D eigenvalue weighted by atomic mass is 9.96. The number of hydrogen-bond donors (Lipinski definition) is 1. The van der Waals surface area contributed by atoms with Crippen LogP contribution in [0.25, 0.3) is 0 Å². The summed E-state index contributed by atoms with van der Waals surface area (Å²) in [6, 6.07) is 8.10. The molecule has 4 heteroatoms. The first kappa shape index (κ1) is 13.5. The van der Waals surface area contributed by atoms with Gasteiger partial charge in [0.05, 0.1) is 5.01 Å². The van der Waals surface area contributed by atoms with Crippen LogP contribution >= 0.6 is 22.9 Å². The Balaban J connectivity index is 2.17. The Bertz CT molecular complexity index is 510. The van der Waals surface area contributed by atoms with E-state index >= 15 is 0 Å². The summed E-state index contributed by atoms with van der Waals surface area (Å²) < 4.78 is 0. The second kappa shape index (κ2) is 6.32. The van der Waals surface area contributed by atoms with Crippen molar-refractivity contribution in [2.75, 3.05) is 13.6 Å². The molecular formula is C14H17ClN2S.